The maximum absolute atomic E-state index is 13.5. The monoisotopic (exact) mass is 523 g/mol. The highest BCUT2D eigenvalue weighted by Crippen LogP contribution is 2.30. The van der Waals surface area contributed by atoms with E-state index in [1.165, 1.54) is 0 Å². The van der Waals surface area contributed by atoms with Gasteiger partial charge in [-0.3, -0.25) is 4.79 Å². The average molecular weight is 524 g/mol. The van der Waals surface area contributed by atoms with Crippen molar-refractivity contribution in [1.29, 1.82) is 0 Å². The molecule has 1 heterocycles. The molecule has 198 valence electrons. The van der Waals surface area contributed by atoms with Gasteiger partial charge in [-0.15, -0.1) is 0 Å². The second kappa shape index (κ2) is 12.0. The van der Waals surface area contributed by atoms with E-state index in [-0.39, 0.29) is 24.9 Å². The first-order chi connectivity index (χ1) is 18.3. The molecular weight excluding hydrogens is 495 g/mol. The molecule has 1 aromatic heterocycles. The average Bonchev–Trinajstić information content (AvgIpc) is 3.39. The summed E-state index contributed by atoms with van der Waals surface area (Å²) in [6.07, 6.45) is -4.16. The fraction of sp³-hybridized carbons (Fsp3) is 0.214. The van der Waals surface area contributed by atoms with E-state index in [2.05, 4.69) is 15.7 Å². The highest BCUT2D eigenvalue weighted by molar-refractivity contribution is 6.03. The van der Waals surface area contributed by atoms with Crippen molar-refractivity contribution in [3.05, 3.63) is 113 Å². The number of alkyl halides is 3. The number of carbonyl (C=O) groups is 1. The van der Waals surface area contributed by atoms with Crippen molar-refractivity contribution < 1.29 is 23.1 Å². The lowest BCUT2D eigenvalue weighted by molar-refractivity contribution is -0.141. The molecule has 4 aromatic rings. The van der Waals surface area contributed by atoms with Crippen LogP contribution in [0.4, 0.5) is 18.9 Å². The van der Waals surface area contributed by atoms with Crippen LogP contribution in [0.25, 0.3) is 5.69 Å². The van der Waals surface area contributed by atoms with Crippen LogP contribution in [-0.4, -0.2) is 33.9 Å². The molecular formula is C28H28F3N5O2. The first kappa shape index (κ1) is 27.1. The van der Waals surface area contributed by atoms with E-state index < -0.39 is 17.8 Å². The predicted molar refractivity (Wildman–Crippen MR) is 139 cm³/mol. The number of halogens is 3. The molecule has 0 bridgehead atoms. The summed E-state index contributed by atoms with van der Waals surface area (Å²) >= 11 is 0. The number of aromatic nitrogens is 2. The fourth-order valence-electron chi connectivity index (χ4n) is 4.08. The summed E-state index contributed by atoms with van der Waals surface area (Å²) in [4.78, 5) is 13.3. The van der Waals surface area contributed by atoms with Gasteiger partial charge in [-0.1, -0.05) is 54.6 Å². The first-order valence-electron chi connectivity index (χ1n) is 12.1. The van der Waals surface area contributed by atoms with Crippen LogP contribution < -0.4 is 16.4 Å². The lowest BCUT2D eigenvalue weighted by atomic mass is 9.98. The molecule has 0 fully saturated rings. The van der Waals surface area contributed by atoms with E-state index >= 15 is 0 Å². The first-order valence-corrected chi connectivity index (χ1v) is 12.1. The molecule has 10 heteroatoms. The topological polar surface area (TPSA) is 105 Å². The van der Waals surface area contributed by atoms with Crippen LogP contribution in [0, 0.1) is 0 Å². The van der Waals surface area contributed by atoms with Crippen LogP contribution >= 0.6 is 0 Å². The Hall–Kier alpha value is -3.99. The van der Waals surface area contributed by atoms with Crippen LogP contribution in [0.5, 0.6) is 0 Å². The van der Waals surface area contributed by atoms with Gasteiger partial charge in [0.1, 0.15) is 5.69 Å². The zero-order valence-corrected chi connectivity index (χ0v) is 20.4. The van der Waals surface area contributed by atoms with Gasteiger partial charge in [0.25, 0.3) is 5.91 Å². The summed E-state index contributed by atoms with van der Waals surface area (Å²) < 4.78 is 41.5. The van der Waals surface area contributed by atoms with Gasteiger partial charge >= 0.3 is 6.18 Å². The Kier molecular flexibility index (Phi) is 8.57. The number of nitrogens with two attached hydrogens (primary N) is 1. The van der Waals surface area contributed by atoms with Gasteiger partial charge < -0.3 is 21.5 Å². The molecule has 1 unspecified atom stereocenters. The third kappa shape index (κ3) is 6.46. The number of benzene rings is 3. The van der Waals surface area contributed by atoms with Crippen molar-refractivity contribution in [2.24, 2.45) is 5.73 Å². The molecule has 1 amide bonds. The lowest BCUT2D eigenvalue weighted by Crippen LogP contribution is -2.24. The van der Waals surface area contributed by atoms with Gasteiger partial charge in [-0.05, 0) is 53.9 Å². The molecule has 1 atom stereocenters. The van der Waals surface area contributed by atoms with Gasteiger partial charge in [-0.2, -0.15) is 18.3 Å². The molecule has 0 spiro atoms. The molecule has 7 nitrogen and oxygen atoms in total. The molecule has 0 saturated heterocycles. The highest BCUT2D eigenvalue weighted by Gasteiger charge is 2.36. The summed E-state index contributed by atoms with van der Waals surface area (Å²) in [5.74, 6) is -0.743. The third-order valence-corrected chi connectivity index (χ3v) is 5.92. The van der Waals surface area contributed by atoms with E-state index in [4.69, 9.17) is 5.73 Å². The Morgan fingerprint density at radius 3 is 2.42 bits per heavy atom. The van der Waals surface area contributed by atoms with Gasteiger partial charge in [0, 0.05) is 24.9 Å². The molecule has 0 aliphatic heterocycles. The number of amides is 1. The number of anilines is 1. The summed E-state index contributed by atoms with van der Waals surface area (Å²) in [6, 6.07) is 23.8. The normalized spacial score (nSPS) is 12.3. The largest absolute Gasteiger partial charge is 0.435 e. The number of hydrogen-bond acceptors (Lipinski definition) is 5. The molecule has 3 aromatic carbocycles. The third-order valence-electron chi connectivity index (χ3n) is 5.92. The van der Waals surface area contributed by atoms with Crippen molar-refractivity contribution in [2.45, 2.75) is 25.2 Å². The number of aliphatic hydroxyl groups is 1. The van der Waals surface area contributed by atoms with Crippen molar-refractivity contribution in [3.8, 4) is 5.69 Å². The molecule has 0 saturated carbocycles. The minimum Gasteiger partial charge on any atom is -0.396 e. The zero-order chi connectivity index (χ0) is 27.1. The SMILES string of the molecule is NCc1cccc(-n2nc(C(F)(F)F)cc2C(=O)Nc2cccc(C(NCCCO)c3ccccc3)c2)c1. The lowest BCUT2D eigenvalue weighted by Gasteiger charge is -2.20. The molecule has 0 aliphatic carbocycles. The van der Waals surface area contributed by atoms with Gasteiger partial charge in [0.2, 0.25) is 0 Å². The molecule has 0 aliphatic rings. The molecule has 4 rings (SSSR count). The minimum absolute atomic E-state index is 0.0480. The number of rotatable bonds is 10. The van der Waals surface area contributed by atoms with Gasteiger partial charge in [-0.25, -0.2) is 4.68 Å². The zero-order valence-electron chi connectivity index (χ0n) is 20.4. The number of hydrogen-bond donors (Lipinski definition) is 4. The number of nitrogens with one attached hydrogen (secondary N) is 2. The Labute approximate surface area is 218 Å². The quantitative estimate of drug-likeness (QED) is 0.226. The van der Waals surface area contributed by atoms with Crippen LogP contribution in [0.3, 0.4) is 0 Å². The van der Waals surface area contributed by atoms with Crippen molar-refractivity contribution in [1.82, 2.24) is 15.1 Å². The van der Waals surface area contributed by atoms with Crippen molar-refractivity contribution in [2.75, 3.05) is 18.5 Å². The Bertz CT molecular complexity index is 1370. The van der Waals surface area contributed by atoms with E-state index in [0.717, 1.165) is 21.9 Å². The second-order valence-corrected chi connectivity index (χ2v) is 8.65. The molecule has 0 radical (unpaired) electrons. The maximum atomic E-state index is 13.5. The van der Waals surface area contributed by atoms with Crippen LogP contribution in [0.15, 0.2) is 84.9 Å². The fourth-order valence-corrected chi connectivity index (χ4v) is 4.08. The number of carbonyl (C=O) groups excluding carboxylic acids is 1. The van der Waals surface area contributed by atoms with Crippen LogP contribution in [0.1, 0.15) is 45.3 Å². The Balaban J connectivity index is 1.65. The van der Waals surface area contributed by atoms with Crippen LogP contribution in [0.2, 0.25) is 0 Å². The van der Waals surface area contributed by atoms with E-state index in [1.54, 1.807) is 42.5 Å². The number of aliphatic hydroxyl groups excluding tert-OH is 1. The van der Waals surface area contributed by atoms with E-state index in [9.17, 15) is 23.1 Å². The summed E-state index contributed by atoms with van der Waals surface area (Å²) in [7, 11) is 0. The van der Waals surface area contributed by atoms with E-state index in [1.807, 2.05) is 36.4 Å². The highest BCUT2D eigenvalue weighted by atomic mass is 19.4. The summed E-state index contributed by atoms with van der Waals surface area (Å²) in [6.45, 7) is 0.796. The summed E-state index contributed by atoms with van der Waals surface area (Å²) in [5, 5.41) is 19.0. The van der Waals surface area contributed by atoms with Crippen molar-refractivity contribution in [3.63, 3.8) is 0 Å². The van der Waals surface area contributed by atoms with Crippen molar-refractivity contribution >= 4 is 11.6 Å². The summed E-state index contributed by atoms with van der Waals surface area (Å²) in [5.41, 5.74) is 7.46. The maximum Gasteiger partial charge on any atom is 0.435 e. The Morgan fingerprint density at radius 1 is 0.974 bits per heavy atom. The second-order valence-electron chi connectivity index (χ2n) is 8.65. The van der Waals surface area contributed by atoms with Crippen LogP contribution in [-0.2, 0) is 12.7 Å². The van der Waals surface area contributed by atoms with E-state index in [0.29, 0.717) is 29.9 Å². The molecule has 5 N–H and O–H groups in total. The van der Waals surface area contributed by atoms with Gasteiger partial charge in [0.15, 0.2) is 5.69 Å². The standard InChI is InChI=1S/C28H28F3N5O2/c29-28(30,31)25-17-24(36(35-25)23-12-4-7-19(15-23)18-32)27(38)34-22-11-5-10-21(16-22)26(33-13-6-14-37)20-8-2-1-3-9-20/h1-5,7-12,15-17,26,33,37H,6,13-14,18,32H2,(H,34,38). The predicted octanol–water partition coefficient (Wildman–Crippen LogP) is 4.66. The Morgan fingerprint density at radius 2 is 1.71 bits per heavy atom. The number of nitrogens with zero attached hydrogens (tertiary/aromatic N) is 2. The molecule has 38 heavy (non-hydrogen) atoms. The smallest absolute Gasteiger partial charge is 0.396 e. The minimum atomic E-state index is -4.73. The van der Waals surface area contributed by atoms with Gasteiger partial charge in [0.05, 0.1) is 11.7 Å².